The number of benzene rings is 1. The van der Waals surface area contributed by atoms with Crippen molar-refractivity contribution in [3.63, 3.8) is 0 Å². The summed E-state index contributed by atoms with van der Waals surface area (Å²) in [6, 6.07) is 6.41. The third-order valence-electron chi connectivity index (χ3n) is 2.93. The predicted molar refractivity (Wildman–Crippen MR) is 72.2 cm³/mol. The molecule has 0 saturated carbocycles. The van der Waals surface area contributed by atoms with Crippen molar-refractivity contribution in [1.29, 1.82) is 0 Å². The quantitative estimate of drug-likeness (QED) is 0.690. The molecule has 0 heterocycles. The minimum atomic E-state index is 0.994. The molecule has 2 nitrogen and oxygen atoms in total. The van der Waals surface area contributed by atoms with Crippen molar-refractivity contribution in [2.24, 2.45) is 0 Å². The zero-order valence-corrected chi connectivity index (χ0v) is 10.8. The molecule has 0 amide bonds. The van der Waals surface area contributed by atoms with Crippen molar-refractivity contribution < 1.29 is 0 Å². The Morgan fingerprint density at radius 3 is 2.62 bits per heavy atom. The van der Waals surface area contributed by atoms with E-state index >= 15 is 0 Å². The average molecular weight is 220 g/mol. The molecule has 0 unspecified atom stereocenters. The van der Waals surface area contributed by atoms with E-state index in [0.717, 1.165) is 19.6 Å². The minimum Gasteiger partial charge on any atom is -0.384 e. The summed E-state index contributed by atoms with van der Waals surface area (Å²) >= 11 is 0. The largest absolute Gasteiger partial charge is 0.384 e. The van der Waals surface area contributed by atoms with Gasteiger partial charge in [0.25, 0.3) is 0 Å². The van der Waals surface area contributed by atoms with Crippen LogP contribution in [0.3, 0.4) is 0 Å². The Bertz CT molecular complexity index is 308. The van der Waals surface area contributed by atoms with Crippen LogP contribution in [0.1, 0.15) is 30.9 Å². The summed E-state index contributed by atoms with van der Waals surface area (Å²) in [5.74, 6) is 0. The van der Waals surface area contributed by atoms with E-state index in [-0.39, 0.29) is 0 Å². The van der Waals surface area contributed by atoms with Crippen molar-refractivity contribution in [2.75, 3.05) is 25.0 Å². The van der Waals surface area contributed by atoms with Crippen LogP contribution in [-0.4, -0.2) is 19.6 Å². The minimum absolute atomic E-state index is 0.994. The van der Waals surface area contributed by atoms with Crippen LogP contribution in [0.5, 0.6) is 0 Å². The van der Waals surface area contributed by atoms with Crippen LogP contribution in [0.25, 0.3) is 0 Å². The molecule has 0 saturated heterocycles. The molecule has 0 radical (unpaired) electrons. The summed E-state index contributed by atoms with van der Waals surface area (Å²) in [7, 11) is 0. The molecule has 2 heteroatoms. The second kappa shape index (κ2) is 7.29. The lowest BCUT2D eigenvalue weighted by atomic mass is 10.1. The van der Waals surface area contributed by atoms with Crippen molar-refractivity contribution >= 4 is 5.69 Å². The van der Waals surface area contributed by atoms with Crippen molar-refractivity contribution in [2.45, 2.75) is 33.6 Å². The molecule has 1 rings (SSSR count). The Morgan fingerprint density at radius 1 is 1.06 bits per heavy atom. The van der Waals surface area contributed by atoms with E-state index < -0.39 is 0 Å². The molecule has 2 N–H and O–H groups in total. The highest BCUT2D eigenvalue weighted by molar-refractivity contribution is 5.53. The van der Waals surface area contributed by atoms with E-state index in [1.54, 1.807) is 0 Å². The molecule has 0 fully saturated rings. The van der Waals surface area contributed by atoms with E-state index in [2.05, 4.69) is 49.6 Å². The first-order valence-electron chi connectivity index (χ1n) is 6.26. The number of rotatable bonds is 7. The SMILES string of the molecule is CCCCNCCNc1cccc(C)c1C. The van der Waals surface area contributed by atoms with Gasteiger partial charge in [-0.3, -0.25) is 0 Å². The Morgan fingerprint density at radius 2 is 1.88 bits per heavy atom. The van der Waals surface area contributed by atoms with E-state index in [1.807, 2.05) is 0 Å². The van der Waals surface area contributed by atoms with E-state index in [0.29, 0.717) is 0 Å². The van der Waals surface area contributed by atoms with Gasteiger partial charge in [0.15, 0.2) is 0 Å². The second-order valence-corrected chi connectivity index (χ2v) is 4.28. The standard InChI is InChI=1S/C14H24N2/c1-4-5-9-15-10-11-16-14-8-6-7-12(2)13(14)3/h6-8,15-16H,4-5,9-11H2,1-3H3. The van der Waals surface area contributed by atoms with Crippen molar-refractivity contribution in [3.05, 3.63) is 29.3 Å². The first-order chi connectivity index (χ1) is 7.75. The highest BCUT2D eigenvalue weighted by Crippen LogP contribution is 2.17. The Hall–Kier alpha value is -1.02. The van der Waals surface area contributed by atoms with Gasteiger partial charge in [0.05, 0.1) is 0 Å². The summed E-state index contributed by atoms with van der Waals surface area (Å²) < 4.78 is 0. The highest BCUT2D eigenvalue weighted by atomic mass is 14.9. The molecular formula is C14H24N2. The van der Waals surface area contributed by atoms with Gasteiger partial charge in [0.1, 0.15) is 0 Å². The van der Waals surface area contributed by atoms with Crippen LogP contribution in [-0.2, 0) is 0 Å². The smallest absolute Gasteiger partial charge is 0.0372 e. The molecule has 1 aromatic carbocycles. The molecule has 0 atom stereocenters. The number of hydrogen-bond acceptors (Lipinski definition) is 2. The molecule has 90 valence electrons. The first kappa shape index (κ1) is 13.0. The van der Waals surface area contributed by atoms with Crippen LogP contribution < -0.4 is 10.6 Å². The summed E-state index contributed by atoms with van der Waals surface area (Å²) in [5.41, 5.74) is 3.97. The Labute approximate surface area is 99.5 Å². The third-order valence-corrected chi connectivity index (χ3v) is 2.93. The third kappa shape index (κ3) is 4.23. The van der Waals surface area contributed by atoms with Gasteiger partial charge < -0.3 is 10.6 Å². The van der Waals surface area contributed by atoms with E-state index in [9.17, 15) is 0 Å². The summed E-state index contributed by atoms with van der Waals surface area (Å²) in [5, 5.41) is 6.90. The number of unbranched alkanes of at least 4 members (excludes halogenated alkanes) is 1. The van der Waals surface area contributed by atoms with Gasteiger partial charge in [-0.2, -0.15) is 0 Å². The zero-order valence-electron chi connectivity index (χ0n) is 10.8. The second-order valence-electron chi connectivity index (χ2n) is 4.28. The normalized spacial score (nSPS) is 10.4. The number of nitrogens with one attached hydrogen (secondary N) is 2. The average Bonchev–Trinajstić information content (AvgIpc) is 2.29. The van der Waals surface area contributed by atoms with Gasteiger partial charge in [-0.1, -0.05) is 25.5 Å². The molecular weight excluding hydrogens is 196 g/mol. The molecule has 0 aromatic heterocycles. The lowest BCUT2D eigenvalue weighted by Gasteiger charge is -2.11. The fourth-order valence-corrected chi connectivity index (χ4v) is 1.65. The molecule has 0 bridgehead atoms. The van der Waals surface area contributed by atoms with Gasteiger partial charge in [-0.15, -0.1) is 0 Å². The van der Waals surface area contributed by atoms with E-state index in [1.165, 1.54) is 29.7 Å². The topological polar surface area (TPSA) is 24.1 Å². The maximum absolute atomic E-state index is 3.47. The van der Waals surface area contributed by atoms with Gasteiger partial charge in [-0.05, 0) is 44.0 Å². The van der Waals surface area contributed by atoms with Crippen molar-refractivity contribution in [3.8, 4) is 0 Å². The van der Waals surface area contributed by atoms with Gasteiger partial charge in [0.2, 0.25) is 0 Å². The van der Waals surface area contributed by atoms with Gasteiger partial charge >= 0.3 is 0 Å². The molecule has 0 aliphatic heterocycles. The van der Waals surface area contributed by atoms with Crippen molar-refractivity contribution in [1.82, 2.24) is 5.32 Å². The number of hydrogen-bond donors (Lipinski definition) is 2. The maximum atomic E-state index is 3.47. The molecule has 1 aromatic rings. The zero-order chi connectivity index (χ0) is 11.8. The molecule has 0 aliphatic carbocycles. The first-order valence-corrected chi connectivity index (χ1v) is 6.26. The summed E-state index contributed by atoms with van der Waals surface area (Å²) in [6.45, 7) is 9.70. The lowest BCUT2D eigenvalue weighted by molar-refractivity contribution is 0.652. The lowest BCUT2D eigenvalue weighted by Crippen LogP contribution is -2.23. The van der Waals surface area contributed by atoms with Gasteiger partial charge in [-0.25, -0.2) is 0 Å². The Balaban J connectivity index is 2.24. The van der Waals surface area contributed by atoms with Crippen LogP contribution in [0.2, 0.25) is 0 Å². The maximum Gasteiger partial charge on any atom is 0.0372 e. The fraction of sp³-hybridized carbons (Fsp3) is 0.571. The summed E-state index contributed by atoms with van der Waals surface area (Å²) in [4.78, 5) is 0. The molecule has 0 aliphatic rings. The summed E-state index contributed by atoms with van der Waals surface area (Å²) in [6.07, 6.45) is 2.53. The van der Waals surface area contributed by atoms with E-state index in [4.69, 9.17) is 0 Å². The van der Waals surface area contributed by atoms with Crippen LogP contribution in [0.4, 0.5) is 5.69 Å². The Kier molecular flexibility index (Phi) is 5.94. The molecule has 16 heavy (non-hydrogen) atoms. The van der Waals surface area contributed by atoms with Crippen LogP contribution in [0, 0.1) is 13.8 Å². The predicted octanol–water partition coefficient (Wildman–Crippen LogP) is 3.11. The number of aryl methyl sites for hydroxylation is 1. The fourth-order valence-electron chi connectivity index (χ4n) is 1.65. The van der Waals surface area contributed by atoms with Crippen LogP contribution >= 0.6 is 0 Å². The number of anilines is 1. The highest BCUT2D eigenvalue weighted by Gasteiger charge is 1.98. The van der Waals surface area contributed by atoms with Gasteiger partial charge in [0, 0.05) is 18.8 Å². The monoisotopic (exact) mass is 220 g/mol. The van der Waals surface area contributed by atoms with Crippen LogP contribution in [0.15, 0.2) is 18.2 Å². The molecule has 0 spiro atoms.